The highest BCUT2D eigenvalue weighted by molar-refractivity contribution is 5.93. The summed E-state index contributed by atoms with van der Waals surface area (Å²) >= 11 is 0. The van der Waals surface area contributed by atoms with Crippen LogP contribution in [0.2, 0.25) is 0 Å². The maximum atomic E-state index is 12.5. The number of aromatic nitrogens is 2. The highest BCUT2D eigenvalue weighted by Crippen LogP contribution is 2.30. The number of alkyl halides is 3. The Bertz CT molecular complexity index is 432. The molecule has 0 aliphatic heterocycles. The first-order chi connectivity index (χ1) is 7.50. The predicted octanol–water partition coefficient (Wildman–Crippen LogP) is 0.772. The van der Waals surface area contributed by atoms with Crippen molar-refractivity contribution in [3.05, 3.63) is 17.5 Å². The topological polar surface area (TPSA) is 81.1 Å². The van der Waals surface area contributed by atoms with Gasteiger partial charge in [0.25, 0.3) is 5.91 Å². The minimum Gasteiger partial charge on any atom is -0.389 e. The monoisotopic (exact) mass is 251 g/mol. The van der Waals surface area contributed by atoms with Gasteiger partial charge in [-0.05, 0) is 13.8 Å². The van der Waals surface area contributed by atoms with Gasteiger partial charge >= 0.3 is 6.18 Å². The van der Waals surface area contributed by atoms with Crippen LogP contribution in [-0.2, 0) is 12.7 Å². The van der Waals surface area contributed by atoms with Gasteiger partial charge in [0.05, 0.1) is 17.7 Å². The SMILES string of the molecule is CC(C)(O)Cn1cc(C(N)=O)c(C(F)(F)F)n1. The summed E-state index contributed by atoms with van der Waals surface area (Å²) in [6.07, 6.45) is -3.88. The lowest BCUT2D eigenvalue weighted by Crippen LogP contribution is -2.26. The average Bonchev–Trinajstić information content (AvgIpc) is 2.43. The van der Waals surface area contributed by atoms with E-state index in [1.807, 2.05) is 0 Å². The van der Waals surface area contributed by atoms with Gasteiger partial charge in [0, 0.05) is 6.20 Å². The third kappa shape index (κ3) is 3.45. The number of nitrogens with zero attached hydrogens (tertiary/aromatic N) is 2. The van der Waals surface area contributed by atoms with Crippen molar-refractivity contribution in [2.24, 2.45) is 5.73 Å². The van der Waals surface area contributed by atoms with Crippen LogP contribution in [0.25, 0.3) is 0 Å². The van der Waals surface area contributed by atoms with Crippen molar-refractivity contribution in [1.82, 2.24) is 9.78 Å². The molecule has 17 heavy (non-hydrogen) atoms. The van der Waals surface area contributed by atoms with Crippen molar-refractivity contribution >= 4 is 5.91 Å². The lowest BCUT2D eigenvalue weighted by atomic mass is 10.1. The molecule has 0 aliphatic rings. The van der Waals surface area contributed by atoms with E-state index in [2.05, 4.69) is 5.10 Å². The van der Waals surface area contributed by atoms with E-state index in [4.69, 9.17) is 5.73 Å². The molecule has 96 valence electrons. The molecule has 1 aromatic heterocycles. The maximum absolute atomic E-state index is 12.5. The second kappa shape index (κ2) is 4.02. The second-order valence-corrected chi connectivity index (χ2v) is 4.26. The first-order valence-electron chi connectivity index (χ1n) is 4.67. The fourth-order valence-corrected chi connectivity index (χ4v) is 1.29. The smallest absolute Gasteiger partial charge is 0.389 e. The molecular weight excluding hydrogens is 239 g/mol. The van der Waals surface area contributed by atoms with Gasteiger partial charge in [0.15, 0.2) is 5.69 Å². The summed E-state index contributed by atoms with van der Waals surface area (Å²) in [5.41, 5.74) is 1.54. The Balaban J connectivity index is 3.18. The standard InChI is InChI=1S/C9H12F3N3O2/c1-8(2,17)4-15-3-5(7(13)16)6(14-15)9(10,11)12/h3,17H,4H2,1-2H3,(H2,13,16). The largest absolute Gasteiger partial charge is 0.435 e. The maximum Gasteiger partial charge on any atom is 0.435 e. The van der Waals surface area contributed by atoms with Crippen molar-refractivity contribution < 1.29 is 23.1 Å². The molecule has 0 saturated carbocycles. The molecule has 0 spiro atoms. The van der Waals surface area contributed by atoms with E-state index in [0.717, 1.165) is 10.9 Å². The Kier molecular flexibility index (Phi) is 3.19. The lowest BCUT2D eigenvalue weighted by Gasteiger charge is -2.16. The fourth-order valence-electron chi connectivity index (χ4n) is 1.29. The van der Waals surface area contributed by atoms with Crippen molar-refractivity contribution in [2.75, 3.05) is 0 Å². The van der Waals surface area contributed by atoms with Crippen LogP contribution in [-0.4, -0.2) is 26.4 Å². The Labute approximate surface area is 95.0 Å². The van der Waals surface area contributed by atoms with Crippen LogP contribution >= 0.6 is 0 Å². The number of primary amides is 1. The number of carbonyl (C=O) groups excluding carboxylic acids is 1. The molecule has 8 heteroatoms. The molecule has 1 heterocycles. The summed E-state index contributed by atoms with van der Waals surface area (Å²) in [4.78, 5) is 10.9. The van der Waals surface area contributed by atoms with Crippen LogP contribution in [0.1, 0.15) is 29.9 Å². The predicted molar refractivity (Wildman–Crippen MR) is 52.0 cm³/mol. The molecule has 1 aromatic rings. The van der Waals surface area contributed by atoms with Crippen LogP contribution in [0.3, 0.4) is 0 Å². The zero-order chi connectivity index (χ0) is 13.4. The third-order valence-electron chi connectivity index (χ3n) is 1.84. The summed E-state index contributed by atoms with van der Waals surface area (Å²) in [5.74, 6) is -1.21. The molecule has 0 saturated heterocycles. The number of amides is 1. The van der Waals surface area contributed by atoms with E-state index < -0.39 is 28.9 Å². The number of aliphatic hydroxyl groups is 1. The van der Waals surface area contributed by atoms with Crippen molar-refractivity contribution in [3.8, 4) is 0 Å². The summed E-state index contributed by atoms with van der Waals surface area (Å²) in [6.45, 7) is 2.64. The molecular formula is C9H12F3N3O2. The summed E-state index contributed by atoms with van der Waals surface area (Å²) < 4.78 is 38.4. The first-order valence-corrected chi connectivity index (χ1v) is 4.67. The highest BCUT2D eigenvalue weighted by atomic mass is 19.4. The number of hydrogen-bond donors (Lipinski definition) is 2. The molecule has 0 aliphatic carbocycles. The Hall–Kier alpha value is -1.57. The van der Waals surface area contributed by atoms with Gasteiger partial charge in [-0.25, -0.2) is 0 Å². The Morgan fingerprint density at radius 3 is 2.35 bits per heavy atom. The van der Waals surface area contributed by atoms with E-state index in [0.29, 0.717) is 0 Å². The Morgan fingerprint density at radius 2 is 2.06 bits per heavy atom. The van der Waals surface area contributed by atoms with E-state index >= 15 is 0 Å². The van der Waals surface area contributed by atoms with Crippen molar-refractivity contribution in [1.29, 1.82) is 0 Å². The number of halogens is 3. The van der Waals surface area contributed by atoms with Crippen LogP contribution in [0.15, 0.2) is 6.20 Å². The quantitative estimate of drug-likeness (QED) is 0.832. The molecule has 0 bridgehead atoms. The zero-order valence-electron chi connectivity index (χ0n) is 9.25. The number of rotatable bonds is 3. The number of nitrogens with two attached hydrogens (primary N) is 1. The molecule has 5 nitrogen and oxygen atoms in total. The van der Waals surface area contributed by atoms with Gasteiger partial charge in [0.1, 0.15) is 0 Å². The fraction of sp³-hybridized carbons (Fsp3) is 0.556. The second-order valence-electron chi connectivity index (χ2n) is 4.26. The van der Waals surface area contributed by atoms with E-state index in [1.165, 1.54) is 13.8 Å². The summed E-state index contributed by atoms with van der Waals surface area (Å²) in [5, 5.41) is 12.7. The number of carbonyl (C=O) groups is 1. The van der Waals surface area contributed by atoms with E-state index in [9.17, 15) is 23.1 Å². The molecule has 0 radical (unpaired) electrons. The molecule has 0 aromatic carbocycles. The minimum atomic E-state index is -4.75. The molecule has 1 rings (SSSR count). The minimum absolute atomic E-state index is 0.177. The highest BCUT2D eigenvalue weighted by Gasteiger charge is 2.39. The Morgan fingerprint density at radius 1 is 1.53 bits per heavy atom. The molecule has 1 amide bonds. The average molecular weight is 251 g/mol. The molecule has 0 atom stereocenters. The summed E-state index contributed by atoms with van der Waals surface area (Å²) in [6, 6.07) is 0. The van der Waals surface area contributed by atoms with Crippen molar-refractivity contribution in [3.63, 3.8) is 0 Å². The van der Waals surface area contributed by atoms with E-state index in [-0.39, 0.29) is 6.54 Å². The van der Waals surface area contributed by atoms with E-state index in [1.54, 1.807) is 0 Å². The van der Waals surface area contributed by atoms with Gasteiger partial charge < -0.3 is 10.8 Å². The molecule has 0 unspecified atom stereocenters. The van der Waals surface area contributed by atoms with Crippen LogP contribution in [0, 0.1) is 0 Å². The van der Waals surface area contributed by atoms with Crippen LogP contribution in [0.4, 0.5) is 13.2 Å². The van der Waals surface area contributed by atoms with Crippen LogP contribution in [0.5, 0.6) is 0 Å². The molecule has 3 N–H and O–H groups in total. The first kappa shape index (κ1) is 13.5. The lowest BCUT2D eigenvalue weighted by molar-refractivity contribution is -0.142. The van der Waals surface area contributed by atoms with Gasteiger partial charge in [-0.2, -0.15) is 18.3 Å². The van der Waals surface area contributed by atoms with Crippen molar-refractivity contribution in [2.45, 2.75) is 32.2 Å². The normalized spacial score (nSPS) is 12.8. The third-order valence-corrected chi connectivity index (χ3v) is 1.84. The summed E-state index contributed by atoms with van der Waals surface area (Å²) in [7, 11) is 0. The van der Waals surface area contributed by atoms with Gasteiger partial charge in [-0.1, -0.05) is 0 Å². The van der Waals surface area contributed by atoms with Gasteiger partial charge in [-0.3, -0.25) is 9.48 Å². The number of hydrogen-bond acceptors (Lipinski definition) is 3. The zero-order valence-corrected chi connectivity index (χ0v) is 9.25. The van der Waals surface area contributed by atoms with Gasteiger partial charge in [-0.15, -0.1) is 0 Å². The van der Waals surface area contributed by atoms with Gasteiger partial charge in [0.2, 0.25) is 0 Å². The van der Waals surface area contributed by atoms with Crippen LogP contribution < -0.4 is 5.73 Å². The molecule has 0 fully saturated rings.